The number of hydrogen-bond acceptors (Lipinski definition) is 2. The maximum atomic E-state index is 11.8. The van der Waals surface area contributed by atoms with Crippen LogP contribution in [0.4, 0.5) is 0 Å². The number of carbonyl (C=O) groups is 2. The third-order valence-electron chi connectivity index (χ3n) is 3.67. The van der Waals surface area contributed by atoms with Crippen LogP contribution in [0.15, 0.2) is 0 Å². The molecule has 84 valence electrons. The third-order valence-corrected chi connectivity index (χ3v) is 3.67. The Morgan fingerprint density at radius 3 is 2.20 bits per heavy atom. The van der Waals surface area contributed by atoms with Gasteiger partial charge in [-0.25, -0.2) is 0 Å². The Morgan fingerprint density at radius 2 is 1.73 bits per heavy atom. The summed E-state index contributed by atoms with van der Waals surface area (Å²) >= 11 is 0. The maximum Gasteiger partial charge on any atom is 0.242 e. The van der Waals surface area contributed by atoms with E-state index in [4.69, 9.17) is 5.73 Å². The van der Waals surface area contributed by atoms with Gasteiger partial charge in [0.25, 0.3) is 0 Å². The molecule has 4 nitrogen and oxygen atoms in total. The van der Waals surface area contributed by atoms with Gasteiger partial charge in [-0.05, 0) is 44.9 Å². The van der Waals surface area contributed by atoms with Gasteiger partial charge in [-0.1, -0.05) is 0 Å². The molecule has 0 heterocycles. The largest absolute Gasteiger partial charge is 0.368 e. The Kier molecular flexibility index (Phi) is 2.24. The predicted octanol–water partition coefficient (Wildman–Crippen LogP) is 0.413. The van der Waals surface area contributed by atoms with Gasteiger partial charge < -0.3 is 11.1 Å². The van der Waals surface area contributed by atoms with Gasteiger partial charge in [0.05, 0.1) is 0 Å². The molecule has 4 heteroatoms. The summed E-state index contributed by atoms with van der Waals surface area (Å²) < 4.78 is 0. The molecule has 2 aliphatic rings. The van der Waals surface area contributed by atoms with Gasteiger partial charge in [0, 0.05) is 5.92 Å². The number of nitrogens with one attached hydrogen (secondary N) is 1. The second kappa shape index (κ2) is 3.22. The summed E-state index contributed by atoms with van der Waals surface area (Å²) in [5, 5.41) is 2.73. The minimum Gasteiger partial charge on any atom is -0.368 e. The van der Waals surface area contributed by atoms with Crippen molar-refractivity contribution in [3.63, 3.8) is 0 Å². The lowest BCUT2D eigenvalue weighted by Gasteiger charge is -2.24. The van der Waals surface area contributed by atoms with E-state index >= 15 is 0 Å². The van der Waals surface area contributed by atoms with Crippen molar-refractivity contribution in [3.8, 4) is 0 Å². The van der Waals surface area contributed by atoms with Gasteiger partial charge in [0.1, 0.15) is 5.54 Å². The van der Waals surface area contributed by atoms with Crippen molar-refractivity contribution in [3.05, 3.63) is 0 Å². The van der Waals surface area contributed by atoms with Gasteiger partial charge in [-0.15, -0.1) is 0 Å². The van der Waals surface area contributed by atoms with Crippen LogP contribution in [0.1, 0.15) is 33.1 Å². The molecule has 2 rings (SSSR count). The van der Waals surface area contributed by atoms with Crippen molar-refractivity contribution < 1.29 is 9.59 Å². The maximum absolute atomic E-state index is 11.8. The van der Waals surface area contributed by atoms with Gasteiger partial charge in [0.2, 0.25) is 11.8 Å². The highest BCUT2D eigenvalue weighted by molar-refractivity contribution is 5.90. The SMILES string of the molecule is CC(C)(NC(=O)C1CC2CC2C1)C(N)=O. The van der Waals surface area contributed by atoms with E-state index in [1.165, 1.54) is 6.42 Å². The smallest absolute Gasteiger partial charge is 0.242 e. The zero-order chi connectivity index (χ0) is 11.2. The first-order valence-corrected chi connectivity index (χ1v) is 5.52. The van der Waals surface area contributed by atoms with Crippen LogP contribution < -0.4 is 11.1 Å². The number of amides is 2. The highest BCUT2D eigenvalue weighted by atomic mass is 16.2. The summed E-state index contributed by atoms with van der Waals surface area (Å²) in [6, 6.07) is 0. The van der Waals surface area contributed by atoms with Gasteiger partial charge in [-0.3, -0.25) is 9.59 Å². The lowest BCUT2D eigenvalue weighted by molar-refractivity contribution is -0.132. The van der Waals surface area contributed by atoms with E-state index in [2.05, 4.69) is 5.32 Å². The zero-order valence-corrected chi connectivity index (χ0v) is 9.25. The Balaban J connectivity index is 1.89. The van der Waals surface area contributed by atoms with Crippen molar-refractivity contribution in [1.29, 1.82) is 0 Å². The number of carbonyl (C=O) groups excluding carboxylic acids is 2. The predicted molar refractivity (Wildman–Crippen MR) is 55.7 cm³/mol. The van der Waals surface area contributed by atoms with E-state index in [-0.39, 0.29) is 11.8 Å². The fourth-order valence-corrected chi connectivity index (χ4v) is 2.40. The quantitative estimate of drug-likeness (QED) is 0.708. The summed E-state index contributed by atoms with van der Waals surface area (Å²) in [4.78, 5) is 22.9. The Bertz CT molecular complexity index is 302. The topological polar surface area (TPSA) is 72.2 Å². The molecular weight excluding hydrogens is 192 g/mol. The number of hydrogen-bond donors (Lipinski definition) is 2. The number of primary amides is 1. The highest BCUT2D eigenvalue weighted by Gasteiger charge is 2.48. The van der Waals surface area contributed by atoms with Gasteiger partial charge in [0.15, 0.2) is 0 Å². The third kappa shape index (κ3) is 1.98. The molecule has 0 aromatic heterocycles. The fraction of sp³-hybridized carbons (Fsp3) is 0.818. The van der Waals surface area contributed by atoms with Crippen molar-refractivity contribution in [2.45, 2.75) is 38.6 Å². The van der Waals surface area contributed by atoms with Crippen LogP contribution in [0, 0.1) is 17.8 Å². The van der Waals surface area contributed by atoms with E-state index in [0.717, 1.165) is 24.7 Å². The normalized spacial score (nSPS) is 33.3. The van der Waals surface area contributed by atoms with Crippen LogP contribution in [-0.4, -0.2) is 17.4 Å². The van der Waals surface area contributed by atoms with E-state index in [0.29, 0.717) is 0 Å². The van der Waals surface area contributed by atoms with Crippen LogP contribution >= 0.6 is 0 Å². The molecule has 2 atom stereocenters. The molecular formula is C11H18N2O2. The first kappa shape index (κ1) is 10.5. The molecule has 0 saturated heterocycles. The Morgan fingerprint density at radius 1 is 1.20 bits per heavy atom. The average Bonchev–Trinajstić information content (AvgIpc) is 2.72. The minimum absolute atomic E-state index is 0.00833. The molecule has 2 fully saturated rings. The summed E-state index contributed by atoms with van der Waals surface area (Å²) in [5.74, 6) is 1.16. The average molecular weight is 210 g/mol. The van der Waals surface area contributed by atoms with Crippen molar-refractivity contribution in [2.75, 3.05) is 0 Å². The first-order chi connectivity index (χ1) is 6.90. The van der Waals surface area contributed by atoms with Gasteiger partial charge in [-0.2, -0.15) is 0 Å². The minimum atomic E-state index is -0.927. The first-order valence-electron chi connectivity index (χ1n) is 5.52. The van der Waals surface area contributed by atoms with Crippen LogP contribution in [0.2, 0.25) is 0 Å². The number of rotatable bonds is 3. The van der Waals surface area contributed by atoms with Crippen molar-refractivity contribution >= 4 is 11.8 Å². The molecule has 0 bridgehead atoms. The molecule has 0 spiro atoms. The van der Waals surface area contributed by atoms with E-state index in [1.54, 1.807) is 13.8 Å². The number of nitrogens with two attached hydrogens (primary N) is 1. The van der Waals surface area contributed by atoms with E-state index in [1.807, 2.05) is 0 Å². The molecule has 2 amide bonds. The van der Waals surface area contributed by atoms with E-state index < -0.39 is 11.4 Å². The molecule has 3 N–H and O–H groups in total. The lowest BCUT2D eigenvalue weighted by atomic mass is 9.99. The van der Waals surface area contributed by atoms with Crippen LogP contribution in [-0.2, 0) is 9.59 Å². The standard InChI is InChI=1S/C11H18N2O2/c1-11(2,10(12)15)13-9(14)8-4-6-3-7(6)5-8/h6-8H,3-5H2,1-2H3,(H2,12,15)(H,13,14). The number of fused-ring (bicyclic) bond motifs is 1. The molecule has 2 aliphatic carbocycles. The second-order valence-corrected chi connectivity index (χ2v) is 5.40. The zero-order valence-electron chi connectivity index (χ0n) is 9.25. The molecule has 2 saturated carbocycles. The molecule has 2 unspecified atom stereocenters. The fourth-order valence-electron chi connectivity index (χ4n) is 2.40. The van der Waals surface area contributed by atoms with Crippen molar-refractivity contribution in [1.82, 2.24) is 5.32 Å². The van der Waals surface area contributed by atoms with Crippen LogP contribution in [0.3, 0.4) is 0 Å². The highest BCUT2D eigenvalue weighted by Crippen LogP contribution is 2.54. The monoisotopic (exact) mass is 210 g/mol. The van der Waals surface area contributed by atoms with Gasteiger partial charge >= 0.3 is 0 Å². The lowest BCUT2D eigenvalue weighted by Crippen LogP contribution is -2.54. The molecule has 0 aliphatic heterocycles. The molecule has 15 heavy (non-hydrogen) atoms. The van der Waals surface area contributed by atoms with Crippen molar-refractivity contribution in [2.24, 2.45) is 23.5 Å². The summed E-state index contributed by atoms with van der Waals surface area (Å²) in [6.45, 7) is 3.28. The molecule has 0 aromatic carbocycles. The van der Waals surface area contributed by atoms with E-state index in [9.17, 15) is 9.59 Å². The Labute approximate surface area is 89.6 Å². The summed E-state index contributed by atoms with van der Waals surface area (Å²) in [5.41, 5.74) is 4.27. The summed E-state index contributed by atoms with van der Waals surface area (Å²) in [7, 11) is 0. The van der Waals surface area contributed by atoms with Crippen LogP contribution in [0.5, 0.6) is 0 Å². The Hall–Kier alpha value is -1.06. The second-order valence-electron chi connectivity index (χ2n) is 5.40. The molecule has 0 aromatic rings. The van der Waals surface area contributed by atoms with Crippen LogP contribution in [0.25, 0.3) is 0 Å². The summed E-state index contributed by atoms with van der Waals surface area (Å²) in [6.07, 6.45) is 3.28. The molecule has 0 radical (unpaired) electrons.